The molecule has 0 aliphatic carbocycles. The second-order valence-electron chi connectivity index (χ2n) is 5.21. The van der Waals surface area contributed by atoms with Gasteiger partial charge in [0, 0.05) is 19.8 Å². The van der Waals surface area contributed by atoms with E-state index in [9.17, 15) is 14.7 Å². The standard InChI is InChI=1S/C14H19NO5/c1-9-7-11(10(2)20-9)12(16)15-8-14(13(17)18)3-5-19-6-4-14/h7H,3-6,8H2,1-2H3,(H,15,16)(H,17,18). The van der Waals surface area contributed by atoms with E-state index < -0.39 is 11.4 Å². The predicted octanol–water partition coefficient (Wildman–Crippen LogP) is 1.51. The smallest absolute Gasteiger partial charge is 0.311 e. The average Bonchev–Trinajstić information content (AvgIpc) is 2.76. The fraction of sp³-hybridized carbons (Fsp3) is 0.571. The van der Waals surface area contributed by atoms with Gasteiger partial charge < -0.3 is 19.6 Å². The molecule has 2 N–H and O–H groups in total. The fourth-order valence-corrected chi connectivity index (χ4v) is 2.43. The molecule has 0 spiro atoms. The molecule has 1 saturated heterocycles. The lowest BCUT2D eigenvalue weighted by atomic mass is 9.80. The molecule has 0 saturated carbocycles. The van der Waals surface area contributed by atoms with Gasteiger partial charge in [-0.1, -0.05) is 0 Å². The summed E-state index contributed by atoms with van der Waals surface area (Å²) in [5.74, 6) is 0.00989. The first-order chi connectivity index (χ1) is 9.44. The van der Waals surface area contributed by atoms with Crippen LogP contribution in [-0.4, -0.2) is 36.7 Å². The number of aliphatic carboxylic acids is 1. The zero-order valence-electron chi connectivity index (χ0n) is 11.7. The Bertz CT molecular complexity index is 514. The maximum Gasteiger partial charge on any atom is 0.311 e. The molecular formula is C14H19NO5. The molecule has 1 fully saturated rings. The van der Waals surface area contributed by atoms with E-state index in [2.05, 4.69) is 5.32 Å². The summed E-state index contributed by atoms with van der Waals surface area (Å²) < 4.78 is 10.5. The van der Waals surface area contributed by atoms with Crippen molar-refractivity contribution in [1.82, 2.24) is 5.32 Å². The number of hydrogen-bond acceptors (Lipinski definition) is 4. The van der Waals surface area contributed by atoms with Crippen molar-refractivity contribution in [2.75, 3.05) is 19.8 Å². The molecular weight excluding hydrogens is 262 g/mol. The van der Waals surface area contributed by atoms with Gasteiger partial charge in [0.2, 0.25) is 0 Å². The molecule has 110 valence electrons. The highest BCUT2D eigenvalue weighted by Gasteiger charge is 2.40. The highest BCUT2D eigenvalue weighted by molar-refractivity contribution is 5.95. The Morgan fingerprint density at radius 2 is 2.00 bits per heavy atom. The summed E-state index contributed by atoms with van der Waals surface area (Å²) in [5, 5.41) is 12.1. The van der Waals surface area contributed by atoms with Crippen LogP contribution in [0, 0.1) is 19.3 Å². The number of amides is 1. The zero-order chi connectivity index (χ0) is 14.8. The maximum atomic E-state index is 12.1. The number of aryl methyl sites for hydroxylation is 2. The highest BCUT2D eigenvalue weighted by Crippen LogP contribution is 2.30. The predicted molar refractivity (Wildman–Crippen MR) is 70.6 cm³/mol. The van der Waals surface area contributed by atoms with Crippen LogP contribution < -0.4 is 5.32 Å². The molecule has 1 aliphatic rings. The first kappa shape index (κ1) is 14.6. The van der Waals surface area contributed by atoms with Crippen molar-refractivity contribution in [1.29, 1.82) is 0 Å². The van der Waals surface area contributed by atoms with Crippen LogP contribution in [-0.2, 0) is 9.53 Å². The van der Waals surface area contributed by atoms with Gasteiger partial charge in [0.25, 0.3) is 5.91 Å². The summed E-state index contributed by atoms with van der Waals surface area (Å²) in [4.78, 5) is 23.6. The lowest BCUT2D eigenvalue weighted by Gasteiger charge is -2.33. The van der Waals surface area contributed by atoms with Crippen molar-refractivity contribution >= 4 is 11.9 Å². The van der Waals surface area contributed by atoms with E-state index in [-0.39, 0.29) is 12.5 Å². The van der Waals surface area contributed by atoms with E-state index >= 15 is 0 Å². The summed E-state index contributed by atoms with van der Waals surface area (Å²) in [7, 11) is 0. The van der Waals surface area contributed by atoms with Crippen molar-refractivity contribution in [2.24, 2.45) is 5.41 Å². The molecule has 2 rings (SSSR count). The molecule has 1 aliphatic heterocycles. The van der Waals surface area contributed by atoms with E-state index in [0.717, 1.165) is 0 Å². The average molecular weight is 281 g/mol. The van der Waals surface area contributed by atoms with Gasteiger partial charge in [-0.25, -0.2) is 0 Å². The van der Waals surface area contributed by atoms with Gasteiger partial charge in [-0.15, -0.1) is 0 Å². The number of hydrogen-bond donors (Lipinski definition) is 2. The van der Waals surface area contributed by atoms with Crippen LogP contribution in [0.4, 0.5) is 0 Å². The van der Waals surface area contributed by atoms with Crippen LogP contribution in [0.25, 0.3) is 0 Å². The number of carboxylic acid groups (broad SMARTS) is 1. The third kappa shape index (κ3) is 2.85. The molecule has 20 heavy (non-hydrogen) atoms. The van der Waals surface area contributed by atoms with Crippen molar-refractivity contribution in [3.05, 3.63) is 23.2 Å². The quantitative estimate of drug-likeness (QED) is 0.873. The number of furan rings is 1. The maximum absolute atomic E-state index is 12.1. The van der Waals surface area contributed by atoms with Crippen LogP contribution in [0.2, 0.25) is 0 Å². The monoisotopic (exact) mass is 281 g/mol. The summed E-state index contributed by atoms with van der Waals surface area (Å²) >= 11 is 0. The van der Waals surface area contributed by atoms with Crippen molar-refractivity contribution < 1.29 is 23.8 Å². The van der Waals surface area contributed by atoms with Gasteiger partial charge in [0.1, 0.15) is 11.5 Å². The fourth-order valence-electron chi connectivity index (χ4n) is 2.43. The topological polar surface area (TPSA) is 88.8 Å². The summed E-state index contributed by atoms with van der Waals surface area (Å²) in [6.07, 6.45) is 0.817. The number of rotatable bonds is 4. The molecule has 0 bridgehead atoms. The van der Waals surface area contributed by atoms with Gasteiger partial charge in [-0.05, 0) is 32.8 Å². The number of carbonyl (C=O) groups excluding carboxylic acids is 1. The van der Waals surface area contributed by atoms with Gasteiger partial charge in [-0.2, -0.15) is 0 Å². The number of nitrogens with one attached hydrogen (secondary N) is 1. The Labute approximate surface area is 117 Å². The molecule has 2 heterocycles. The Morgan fingerprint density at radius 1 is 1.35 bits per heavy atom. The van der Waals surface area contributed by atoms with E-state index in [1.165, 1.54) is 0 Å². The summed E-state index contributed by atoms with van der Waals surface area (Å²) in [6, 6.07) is 1.65. The Morgan fingerprint density at radius 3 is 2.50 bits per heavy atom. The van der Waals surface area contributed by atoms with Crippen molar-refractivity contribution in [3.63, 3.8) is 0 Å². The number of ether oxygens (including phenoxy) is 1. The van der Waals surface area contributed by atoms with E-state index in [4.69, 9.17) is 9.15 Å². The molecule has 0 aromatic carbocycles. The normalized spacial score (nSPS) is 17.7. The molecule has 6 nitrogen and oxygen atoms in total. The van der Waals surface area contributed by atoms with Gasteiger partial charge >= 0.3 is 5.97 Å². The molecule has 0 atom stereocenters. The molecule has 0 unspecified atom stereocenters. The van der Waals surface area contributed by atoms with E-state index in [1.807, 2.05) is 0 Å². The minimum absolute atomic E-state index is 0.105. The van der Waals surface area contributed by atoms with Gasteiger partial charge in [-0.3, -0.25) is 9.59 Å². The molecule has 0 radical (unpaired) electrons. The van der Waals surface area contributed by atoms with Crippen LogP contribution in [0.15, 0.2) is 10.5 Å². The van der Waals surface area contributed by atoms with E-state index in [0.29, 0.717) is 43.1 Å². The van der Waals surface area contributed by atoms with Crippen LogP contribution in [0.3, 0.4) is 0 Å². The minimum Gasteiger partial charge on any atom is -0.481 e. The minimum atomic E-state index is -0.930. The third-order valence-corrected chi connectivity index (χ3v) is 3.78. The van der Waals surface area contributed by atoms with Gasteiger partial charge in [0.05, 0.1) is 11.0 Å². The van der Waals surface area contributed by atoms with E-state index in [1.54, 1.807) is 19.9 Å². The molecule has 6 heteroatoms. The Hall–Kier alpha value is -1.82. The first-order valence-electron chi connectivity index (χ1n) is 6.61. The van der Waals surface area contributed by atoms with Crippen LogP contribution >= 0.6 is 0 Å². The van der Waals surface area contributed by atoms with Crippen molar-refractivity contribution in [3.8, 4) is 0 Å². The van der Waals surface area contributed by atoms with Gasteiger partial charge in [0.15, 0.2) is 0 Å². The molecule has 1 aromatic rings. The lowest BCUT2D eigenvalue weighted by Crippen LogP contribution is -2.46. The molecule has 1 amide bonds. The van der Waals surface area contributed by atoms with Crippen LogP contribution in [0.5, 0.6) is 0 Å². The lowest BCUT2D eigenvalue weighted by molar-refractivity contribution is -0.154. The SMILES string of the molecule is Cc1cc(C(=O)NCC2(C(=O)O)CCOCC2)c(C)o1. The largest absolute Gasteiger partial charge is 0.481 e. The first-order valence-corrected chi connectivity index (χ1v) is 6.61. The van der Waals surface area contributed by atoms with Crippen molar-refractivity contribution in [2.45, 2.75) is 26.7 Å². The second-order valence-corrected chi connectivity index (χ2v) is 5.21. The third-order valence-electron chi connectivity index (χ3n) is 3.78. The Kier molecular flexibility index (Phi) is 4.13. The van der Waals surface area contributed by atoms with Crippen LogP contribution in [0.1, 0.15) is 34.7 Å². The zero-order valence-corrected chi connectivity index (χ0v) is 11.7. The number of carboxylic acids is 1. The highest BCUT2D eigenvalue weighted by atomic mass is 16.5. The summed E-state index contributed by atoms with van der Waals surface area (Å²) in [6.45, 7) is 4.40. The summed E-state index contributed by atoms with van der Waals surface area (Å²) in [5.41, 5.74) is -0.476. The Balaban J connectivity index is 2.04. The number of carbonyl (C=O) groups is 2. The second kappa shape index (κ2) is 5.66. The molecule has 1 aromatic heterocycles.